The number of aromatic nitrogens is 2. The predicted molar refractivity (Wildman–Crippen MR) is 63.5 cm³/mol. The molecule has 90 valence electrons. The summed E-state index contributed by atoms with van der Waals surface area (Å²) in [5.41, 5.74) is 2.23. The maximum atomic E-state index is 8.85. The molecule has 2 rings (SSSR count). The summed E-state index contributed by atoms with van der Waals surface area (Å²) >= 11 is 0. The summed E-state index contributed by atoms with van der Waals surface area (Å²) in [4.78, 5) is 2.48. The first-order valence-corrected chi connectivity index (χ1v) is 6.21. The van der Waals surface area contributed by atoms with Crippen LogP contribution in [0.2, 0.25) is 0 Å². The number of aliphatic hydroxyl groups is 1. The summed E-state index contributed by atoms with van der Waals surface area (Å²) in [5.74, 6) is 0.603. The van der Waals surface area contributed by atoms with Gasteiger partial charge in [0.05, 0.1) is 5.69 Å². The molecular weight excluding hydrogens is 202 g/mol. The Balaban J connectivity index is 1.92. The molecule has 4 nitrogen and oxygen atoms in total. The van der Waals surface area contributed by atoms with Gasteiger partial charge < -0.3 is 10.0 Å². The summed E-state index contributed by atoms with van der Waals surface area (Å²) < 4.78 is 0. The summed E-state index contributed by atoms with van der Waals surface area (Å²) in [5, 5.41) is 16.2. The first-order chi connectivity index (χ1) is 7.83. The predicted octanol–water partition coefficient (Wildman–Crippen LogP) is 1.14. The summed E-state index contributed by atoms with van der Waals surface area (Å²) in [6.07, 6.45) is 3.09. The van der Waals surface area contributed by atoms with Gasteiger partial charge in [0.15, 0.2) is 0 Å². The molecule has 1 fully saturated rings. The van der Waals surface area contributed by atoms with Crippen LogP contribution in [0, 0.1) is 0 Å². The monoisotopic (exact) mass is 223 g/mol. The molecule has 0 aromatic carbocycles. The van der Waals surface area contributed by atoms with Gasteiger partial charge in [0.1, 0.15) is 0 Å². The molecule has 16 heavy (non-hydrogen) atoms. The fraction of sp³-hybridized carbons (Fsp3) is 0.750. The molecule has 0 saturated carbocycles. The highest BCUT2D eigenvalue weighted by Crippen LogP contribution is 2.26. The van der Waals surface area contributed by atoms with Crippen molar-refractivity contribution in [3.05, 3.63) is 17.5 Å². The van der Waals surface area contributed by atoms with E-state index >= 15 is 0 Å². The molecule has 1 aromatic rings. The summed E-state index contributed by atoms with van der Waals surface area (Å²) in [7, 11) is 0. The summed E-state index contributed by atoms with van der Waals surface area (Å²) in [6.45, 7) is 5.93. The maximum Gasteiger partial charge on any atom is 0.0656 e. The van der Waals surface area contributed by atoms with E-state index in [1.54, 1.807) is 0 Å². The maximum absolute atomic E-state index is 8.85. The number of aromatic amines is 1. The molecule has 0 atom stereocenters. The van der Waals surface area contributed by atoms with Gasteiger partial charge in [0, 0.05) is 24.6 Å². The van der Waals surface area contributed by atoms with Gasteiger partial charge in [-0.05, 0) is 38.5 Å². The molecule has 0 aliphatic carbocycles. The lowest BCUT2D eigenvalue weighted by molar-refractivity contribution is 0.221. The molecule has 1 aliphatic rings. The van der Waals surface area contributed by atoms with Crippen LogP contribution in [0.4, 0.5) is 0 Å². The van der Waals surface area contributed by atoms with Crippen LogP contribution in [-0.2, 0) is 6.42 Å². The topological polar surface area (TPSA) is 52.1 Å². The molecule has 2 heterocycles. The first-order valence-electron chi connectivity index (χ1n) is 6.21. The van der Waals surface area contributed by atoms with E-state index in [1.165, 1.54) is 31.6 Å². The van der Waals surface area contributed by atoms with Crippen LogP contribution in [0.3, 0.4) is 0 Å². The highest BCUT2D eigenvalue weighted by atomic mass is 16.3. The third-order valence-electron chi connectivity index (χ3n) is 3.48. The largest absolute Gasteiger partial charge is 0.396 e. The highest BCUT2D eigenvalue weighted by molar-refractivity contribution is 5.14. The molecule has 0 radical (unpaired) electrons. The fourth-order valence-electron chi connectivity index (χ4n) is 2.38. The second kappa shape index (κ2) is 5.46. The van der Waals surface area contributed by atoms with Crippen molar-refractivity contribution in [1.82, 2.24) is 15.1 Å². The van der Waals surface area contributed by atoms with Gasteiger partial charge in [-0.1, -0.05) is 6.92 Å². The van der Waals surface area contributed by atoms with E-state index in [9.17, 15) is 0 Å². The Morgan fingerprint density at radius 2 is 2.25 bits per heavy atom. The summed E-state index contributed by atoms with van der Waals surface area (Å²) in [6, 6.07) is 2.11. The van der Waals surface area contributed by atoms with Crippen molar-refractivity contribution < 1.29 is 5.11 Å². The van der Waals surface area contributed by atoms with Crippen molar-refractivity contribution in [2.45, 2.75) is 32.1 Å². The number of likely N-dealkylation sites (tertiary alicyclic amines) is 1. The SMILES string of the molecule is CCN1CCC(c2cc(CCO)[nH]n2)CC1. The van der Waals surface area contributed by atoms with Crippen LogP contribution < -0.4 is 0 Å². The average molecular weight is 223 g/mol. The van der Waals surface area contributed by atoms with Crippen LogP contribution in [0.5, 0.6) is 0 Å². The van der Waals surface area contributed by atoms with Crippen molar-refractivity contribution in [3.8, 4) is 0 Å². The molecule has 0 spiro atoms. The lowest BCUT2D eigenvalue weighted by atomic mass is 9.93. The molecule has 1 aliphatic heterocycles. The number of hydrogen-bond donors (Lipinski definition) is 2. The quantitative estimate of drug-likeness (QED) is 0.805. The van der Waals surface area contributed by atoms with E-state index in [0.717, 1.165) is 12.2 Å². The average Bonchev–Trinajstić information content (AvgIpc) is 2.78. The van der Waals surface area contributed by atoms with Crippen LogP contribution in [-0.4, -0.2) is 46.4 Å². The van der Waals surface area contributed by atoms with Crippen molar-refractivity contribution in [1.29, 1.82) is 0 Å². The zero-order valence-electron chi connectivity index (χ0n) is 9.95. The minimum absolute atomic E-state index is 0.190. The van der Waals surface area contributed by atoms with E-state index in [0.29, 0.717) is 12.3 Å². The van der Waals surface area contributed by atoms with Crippen molar-refractivity contribution in [2.75, 3.05) is 26.2 Å². The Morgan fingerprint density at radius 1 is 1.50 bits per heavy atom. The van der Waals surface area contributed by atoms with Crippen LogP contribution in [0.15, 0.2) is 6.07 Å². The first kappa shape index (κ1) is 11.6. The molecule has 1 aromatic heterocycles. The Bertz CT molecular complexity index is 316. The van der Waals surface area contributed by atoms with Crippen LogP contribution >= 0.6 is 0 Å². The second-order valence-corrected chi connectivity index (χ2v) is 4.50. The van der Waals surface area contributed by atoms with Gasteiger partial charge in [0.25, 0.3) is 0 Å². The number of H-pyrrole nitrogens is 1. The molecule has 0 unspecified atom stereocenters. The number of nitrogens with zero attached hydrogens (tertiary/aromatic N) is 2. The molecule has 4 heteroatoms. The van der Waals surface area contributed by atoms with Gasteiger partial charge in [-0.25, -0.2) is 0 Å². The van der Waals surface area contributed by atoms with E-state index in [-0.39, 0.29) is 6.61 Å². The smallest absolute Gasteiger partial charge is 0.0656 e. The molecular formula is C12H21N3O. The minimum Gasteiger partial charge on any atom is -0.396 e. The van der Waals surface area contributed by atoms with E-state index in [4.69, 9.17) is 5.11 Å². The number of piperidine rings is 1. The van der Waals surface area contributed by atoms with Gasteiger partial charge in [-0.3, -0.25) is 5.10 Å². The van der Waals surface area contributed by atoms with Crippen LogP contribution in [0.1, 0.15) is 37.1 Å². The van der Waals surface area contributed by atoms with Gasteiger partial charge in [-0.2, -0.15) is 5.10 Å². The number of hydrogen-bond acceptors (Lipinski definition) is 3. The molecule has 2 N–H and O–H groups in total. The number of rotatable bonds is 4. The molecule has 0 amide bonds. The third kappa shape index (κ3) is 2.62. The zero-order chi connectivity index (χ0) is 11.4. The standard InChI is InChI=1S/C12H21N3O/c1-2-15-6-3-10(4-7-15)12-9-11(5-8-16)13-14-12/h9-10,16H,2-8H2,1H3,(H,13,14). The van der Waals surface area contributed by atoms with Crippen molar-refractivity contribution in [3.63, 3.8) is 0 Å². The highest BCUT2D eigenvalue weighted by Gasteiger charge is 2.21. The Hall–Kier alpha value is -0.870. The van der Waals surface area contributed by atoms with E-state index in [2.05, 4.69) is 28.1 Å². The van der Waals surface area contributed by atoms with Crippen molar-refractivity contribution >= 4 is 0 Å². The third-order valence-corrected chi connectivity index (χ3v) is 3.48. The fourth-order valence-corrected chi connectivity index (χ4v) is 2.38. The lowest BCUT2D eigenvalue weighted by Gasteiger charge is -2.29. The van der Waals surface area contributed by atoms with Crippen molar-refractivity contribution in [2.24, 2.45) is 0 Å². The minimum atomic E-state index is 0.190. The van der Waals surface area contributed by atoms with Gasteiger partial charge >= 0.3 is 0 Å². The Labute approximate surface area is 96.7 Å². The van der Waals surface area contributed by atoms with Gasteiger partial charge in [0.2, 0.25) is 0 Å². The van der Waals surface area contributed by atoms with Gasteiger partial charge in [-0.15, -0.1) is 0 Å². The zero-order valence-corrected chi connectivity index (χ0v) is 9.95. The van der Waals surface area contributed by atoms with E-state index in [1.807, 2.05) is 0 Å². The Kier molecular flexibility index (Phi) is 3.96. The second-order valence-electron chi connectivity index (χ2n) is 4.50. The van der Waals surface area contributed by atoms with Crippen LogP contribution in [0.25, 0.3) is 0 Å². The lowest BCUT2D eigenvalue weighted by Crippen LogP contribution is -2.32. The Morgan fingerprint density at radius 3 is 2.88 bits per heavy atom. The number of nitrogens with one attached hydrogen (secondary N) is 1. The number of aliphatic hydroxyl groups excluding tert-OH is 1. The normalized spacial score (nSPS) is 19.1. The molecule has 1 saturated heterocycles. The van der Waals surface area contributed by atoms with E-state index < -0.39 is 0 Å². The molecule has 0 bridgehead atoms.